The zero-order valence-electron chi connectivity index (χ0n) is 13.7. The van der Waals surface area contributed by atoms with E-state index < -0.39 is 0 Å². The van der Waals surface area contributed by atoms with E-state index in [0.29, 0.717) is 6.61 Å². The molecule has 0 spiro atoms. The van der Waals surface area contributed by atoms with Gasteiger partial charge in [-0.1, -0.05) is 13.8 Å². The van der Waals surface area contributed by atoms with Crippen molar-refractivity contribution in [3.63, 3.8) is 0 Å². The van der Waals surface area contributed by atoms with E-state index in [0.717, 1.165) is 42.8 Å². The Kier molecular flexibility index (Phi) is 6.68. The molecule has 0 radical (unpaired) electrons. The molecule has 0 aromatic carbocycles. The van der Waals surface area contributed by atoms with Gasteiger partial charge in [0.2, 0.25) is 0 Å². The van der Waals surface area contributed by atoms with Crippen molar-refractivity contribution in [3.05, 3.63) is 24.5 Å². The number of methoxy groups -OCH3 is 1. The molecule has 122 valence electrons. The highest BCUT2D eigenvalue weighted by Crippen LogP contribution is 2.19. The zero-order chi connectivity index (χ0) is 15.8. The molecule has 0 bridgehead atoms. The van der Waals surface area contributed by atoms with E-state index in [2.05, 4.69) is 9.55 Å². The minimum atomic E-state index is -0.0290. The number of rotatable bonds is 5. The van der Waals surface area contributed by atoms with E-state index in [1.807, 2.05) is 32.2 Å². The molecule has 5 heteroatoms. The Morgan fingerprint density at radius 1 is 1.36 bits per heavy atom. The van der Waals surface area contributed by atoms with Crippen LogP contribution in [0.2, 0.25) is 0 Å². The molecule has 2 aromatic heterocycles. The highest BCUT2D eigenvalue weighted by molar-refractivity contribution is 5.77. The summed E-state index contributed by atoms with van der Waals surface area (Å²) in [5, 5.41) is 1.08. The van der Waals surface area contributed by atoms with Crippen molar-refractivity contribution in [1.29, 1.82) is 0 Å². The van der Waals surface area contributed by atoms with Crippen LogP contribution in [0.1, 0.15) is 33.1 Å². The molecule has 1 atom stereocenters. The highest BCUT2D eigenvalue weighted by atomic mass is 16.7. The van der Waals surface area contributed by atoms with E-state index in [-0.39, 0.29) is 6.29 Å². The summed E-state index contributed by atoms with van der Waals surface area (Å²) in [6.45, 7) is 6.24. The van der Waals surface area contributed by atoms with Crippen LogP contribution in [0.15, 0.2) is 24.5 Å². The number of ether oxygens (including phenoxy) is 3. The van der Waals surface area contributed by atoms with Gasteiger partial charge in [-0.25, -0.2) is 4.98 Å². The maximum atomic E-state index is 5.75. The van der Waals surface area contributed by atoms with Crippen molar-refractivity contribution < 1.29 is 14.2 Å². The van der Waals surface area contributed by atoms with Crippen LogP contribution in [0.4, 0.5) is 0 Å². The summed E-state index contributed by atoms with van der Waals surface area (Å²) >= 11 is 0. The number of hydrogen-bond donors (Lipinski definition) is 0. The van der Waals surface area contributed by atoms with Gasteiger partial charge in [0, 0.05) is 24.7 Å². The Morgan fingerprint density at radius 3 is 2.95 bits per heavy atom. The van der Waals surface area contributed by atoms with Crippen molar-refractivity contribution in [1.82, 2.24) is 9.55 Å². The lowest BCUT2D eigenvalue weighted by atomic mass is 10.2. The van der Waals surface area contributed by atoms with E-state index in [1.54, 1.807) is 13.3 Å². The van der Waals surface area contributed by atoms with Crippen LogP contribution in [-0.2, 0) is 16.0 Å². The predicted octanol–water partition coefficient (Wildman–Crippen LogP) is 3.61. The molecule has 1 aliphatic rings. The van der Waals surface area contributed by atoms with E-state index >= 15 is 0 Å². The first-order valence-electron chi connectivity index (χ1n) is 8.09. The molecule has 2 aromatic rings. The molecule has 1 saturated heterocycles. The number of nitrogens with zero attached hydrogens (tertiary/aromatic N) is 2. The quantitative estimate of drug-likeness (QED) is 0.846. The van der Waals surface area contributed by atoms with Crippen molar-refractivity contribution in [2.24, 2.45) is 0 Å². The lowest BCUT2D eigenvalue weighted by Crippen LogP contribution is -2.23. The molecule has 3 rings (SSSR count). The summed E-state index contributed by atoms with van der Waals surface area (Å²) < 4.78 is 18.6. The first kappa shape index (κ1) is 16.8. The Morgan fingerprint density at radius 2 is 2.23 bits per heavy atom. The Labute approximate surface area is 132 Å². The molecule has 5 nitrogen and oxygen atoms in total. The smallest absolute Gasteiger partial charge is 0.157 e. The average molecular weight is 306 g/mol. The van der Waals surface area contributed by atoms with Gasteiger partial charge >= 0.3 is 0 Å². The molecular weight excluding hydrogens is 280 g/mol. The minimum Gasteiger partial charge on any atom is -0.495 e. The predicted molar refractivity (Wildman–Crippen MR) is 87.2 cm³/mol. The molecule has 1 unspecified atom stereocenters. The Balaban J connectivity index is 0.000000847. The average Bonchev–Trinajstić information content (AvgIpc) is 3.00. The highest BCUT2D eigenvalue weighted by Gasteiger charge is 2.13. The third kappa shape index (κ3) is 4.21. The number of pyridine rings is 1. The van der Waals surface area contributed by atoms with Gasteiger partial charge in [-0.05, 0) is 31.4 Å². The molecule has 1 fully saturated rings. The van der Waals surface area contributed by atoms with E-state index in [1.165, 1.54) is 6.42 Å². The van der Waals surface area contributed by atoms with Crippen molar-refractivity contribution >= 4 is 11.0 Å². The molecule has 22 heavy (non-hydrogen) atoms. The second-order valence-electron chi connectivity index (χ2n) is 4.96. The monoisotopic (exact) mass is 306 g/mol. The fourth-order valence-electron chi connectivity index (χ4n) is 2.48. The Bertz CT molecular complexity index is 562. The summed E-state index contributed by atoms with van der Waals surface area (Å²) in [6, 6.07) is 4.03. The summed E-state index contributed by atoms with van der Waals surface area (Å²) in [6.07, 6.45) is 7.08. The van der Waals surface area contributed by atoms with Crippen molar-refractivity contribution in [3.8, 4) is 5.75 Å². The largest absolute Gasteiger partial charge is 0.495 e. The topological polar surface area (TPSA) is 45.5 Å². The van der Waals surface area contributed by atoms with Gasteiger partial charge in [-0.15, -0.1) is 0 Å². The number of fused-ring (bicyclic) bond motifs is 1. The second-order valence-corrected chi connectivity index (χ2v) is 4.96. The van der Waals surface area contributed by atoms with Gasteiger partial charge in [-0.3, -0.25) is 0 Å². The maximum Gasteiger partial charge on any atom is 0.157 e. The van der Waals surface area contributed by atoms with Crippen LogP contribution in [0.25, 0.3) is 11.0 Å². The summed E-state index contributed by atoms with van der Waals surface area (Å²) in [4.78, 5) is 4.43. The third-order valence-electron chi connectivity index (χ3n) is 3.59. The minimum absolute atomic E-state index is 0.0290. The summed E-state index contributed by atoms with van der Waals surface area (Å²) in [5.41, 5.74) is 0.957. The molecule has 0 saturated carbocycles. The Hall–Kier alpha value is -1.59. The van der Waals surface area contributed by atoms with Gasteiger partial charge in [0.25, 0.3) is 0 Å². The van der Waals surface area contributed by atoms with Crippen LogP contribution < -0.4 is 4.74 Å². The van der Waals surface area contributed by atoms with Crippen molar-refractivity contribution in [2.75, 3.05) is 20.3 Å². The van der Waals surface area contributed by atoms with Crippen LogP contribution >= 0.6 is 0 Å². The van der Waals surface area contributed by atoms with Gasteiger partial charge in [0.05, 0.1) is 19.9 Å². The molecule has 3 heterocycles. The second kappa shape index (κ2) is 8.76. The van der Waals surface area contributed by atoms with E-state index in [9.17, 15) is 0 Å². The zero-order valence-corrected chi connectivity index (χ0v) is 13.7. The first-order chi connectivity index (χ1) is 10.9. The van der Waals surface area contributed by atoms with Crippen LogP contribution in [0, 0.1) is 0 Å². The summed E-state index contributed by atoms with van der Waals surface area (Å²) in [5.74, 6) is 0.780. The molecular formula is C17H26N2O3. The fraction of sp³-hybridized carbons (Fsp3) is 0.588. The molecule has 0 amide bonds. The maximum absolute atomic E-state index is 5.75. The fourth-order valence-corrected chi connectivity index (χ4v) is 2.48. The van der Waals surface area contributed by atoms with Gasteiger partial charge in [0.15, 0.2) is 6.29 Å². The van der Waals surface area contributed by atoms with Gasteiger partial charge in [-0.2, -0.15) is 0 Å². The molecule has 0 aliphatic carbocycles. The van der Waals surface area contributed by atoms with Crippen LogP contribution in [0.5, 0.6) is 5.75 Å². The first-order valence-corrected chi connectivity index (χ1v) is 8.09. The summed E-state index contributed by atoms with van der Waals surface area (Å²) in [7, 11) is 1.65. The van der Waals surface area contributed by atoms with E-state index in [4.69, 9.17) is 14.2 Å². The number of hydrogen-bond acceptors (Lipinski definition) is 4. The van der Waals surface area contributed by atoms with Crippen molar-refractivity contribution in [2.45, 2.75) is 45.9 Å². The molecule has 1 aliphatic heterocycles. The lowest BCUT2D eigenvalue weighted by Gasteiger charge is -2.22. The normalized spacial score (nSPS) is 17.9. The van der Waals surface area contributed by atoms with Crippen LogP contribution in [-0.4, -0.2) is 36.2 Å². The van der Waals surface area contributed by atoms with Crippen LogP contribution in [0.3, 0.4) is 0 Å². The van der Waals surface area contributed by atoms with Gasteiger partial charge in [0.1, 0.15) is 11.4 Å². The van der Waals surface area contributed by atoms with Gasteiger partial charge < -0.3 is 18.8 Å². The molecule has 0 N–H and O–H groups in total. The lowest BCUT2D eigenvalue weighted by molar-refractivity contribution is -0.163. The SMILES string of the molecule is CC.COc1cnc2c(ccn2CCOC2CCCCO2)c1. The standard InChI is InChI=1S/C15H20N2O3.C2H6/c1-18-13-10-12-5-6-17(15(12)16-11-13)7-9-20-14-4-2-3-8-19-14;1-2/h5-6,10-11,14H,2-4,7-9H2,1H3;1-2H3. The third-order valence-corrected chi connectivity index (χ3v) is 3.59. The number of aromatic nitrogens is 2.